The lowest BCUT2D eigenvalue weighted by Crippen LogP contribution is -2.30. The first kappa shape index (κ1) is 13.2. The van der Waals surface area contributed by atoms with Crippen LogP contribution in [0.4, 0.5) is 4.39 Å². The lowest BCUT2D eigenvalue weighted by molar-refractivity contribution is 0.388. The summed E-state index contributed by atoms with van der Waals surface area (Å²) in [4.78, 5) is 4.63. The summed E-state index contributed by atoms with van der Waals surface area (Å²) in [6, 6.07) is 10.6. The predicted molar refractivity (Wildman–Crippen MR) is 85.5 cm³/mol. The molecular formula is C15H10BrFN2OS. The number of fused-ring (bicyclic) bond motifs is 4. The Morgan fingerprint density at radius 3 is 2.90 bits per heavy atom. The number of para-hydroxylation sites is 1. The van der Waals surface area contributed by atoms with Crippen LogP contribution in [0.5, 0.6) is 11.5 Å². The van der Waals surface area contributed by atoms with E-state index in [1.54, 1.807) is 6.07 Å². The van der Waals surface area contributed by atoms with Crippen LogP contribution in [0, 0.1) is 5.82 Å². The van der Waals surface area contributed by atoms with Crippen LogP contribution in [0.1, 0.15) is 11.1 Å². The van der Waals surface area contributed by atoms with Gasteiger partial charge < -0.3 is 10.5 Å². The Bertz CT molecular complexity index is 791. The lowest BCUT2D eigenvalue weighted by Gasteiger charge is -2.34. The fourth-order valence-corrected chi connectivity index (χ4v) is 4.13. The van der Waals surface area contributed by atoms with E-state index in [0.29, 0.717) is 16.7 Å². The van der Waals surface area contributed by atoms with Gasteiger partial charge in [-0.15, -0.1) is 0 Å². The quantitative estimate of drug-likeness (QED) is 0.768. The molecule has 2 aromatic carbocycles. The number of hydrogen-bond donors (Lipinski definition) is 1. The molecule has 0 saturated carbocycles. The second kappa shape index (κ2) is 4.48. The molecular weight excluding hydrogens is 355 g/mol. The number of thioether (sulfide) groups is 1. The van der Waals surface area contributed by atoms with Crippen molar-refractivity contribution in [3.05, 3.63) is 57.8 Å². The van der Waals surface area contributed by atoms with E-state index in [0.717, 1.165) is 15.6 Å². The summed E-state index contributed by atoms with van der Waals surface area (Å²) in [6.07, 6.45) is 0. The van der Waals surface area contributed by atoms with E-state index in [4.69, 9.17) is 10.5 Å². The molecule has 0 bridgehead atoms. The maximum Gasteiger partial charge on any atom is 0.169 e. The highest BCUT2D eigenvalue weighted by Gasteiger charge is 2.46. The minimum Gasteiger partial charge on any atom is -0.453 e. The number of halogens is 2. The normalized spacial score (nSPS) is 22.5. The highest BCUT2D eigenvalue weighted by Crippen LogP contribution is 2.53. The van der Waals surface area contributed by atoms with Crippen molar-refractivity contribution in [2.45, 2.75) is 5.54 Å². The summed E-state index contributed by atoms with van der Waals surface area (Å²) in [5, 5.41) is 0.512. The maximum absolute atomic E-state index is 14.2. The van der Waals surface area contributed by atoms with Gasteiger partial charge in [0.2, 0.25) is 0 Å². The minimum absolute atomic E-state index is 0.242. The van der Waals surface area contributed by atoms with Gasteiger partial charge >= 0.3 is 0 Å². The van der Waals surface area contributed by atoms with Crippen LogP contribution >= 0.6 is 27.7 Å². The molecule has 0 saturated heterocycles. The molecule has 0 fully saturated rings. The minimum atomic E-state index is -0.677. The molecule has 2 aliphatic heterocycles. The van der Waals surface area contributed by atoms with Crippen molar-refractivity contribution in [3.63, 3.8) is 0 Å². The molecule has 0 unspecified atom stereocenters. The number of ether oxygens (including phenoxy) is 1. The van der Waals surface area contributed by atoms with Gasteiger partial charge in [-0.2, -0.15) is 0 Å². The van der Waals surface area contributed by atoms with E-state index in [-0.39, 0.29) is 11.6 Å². The molecule has 2 heterocycles. The van der Waals surface area contributed by atoms with Crippen LogP contribution in [0.3, 0.4) is 0 Å². The van der Waals surface area contributed by atoms with E-state index in [1.165, 1.54) is 17.8 Å². The van der Waals surface area contributed by atoms with Crippen LogP contribution in [-0.2, 0) is 5.54 Å². The molecule has 2 aliphatic rings. The van der Waals surface area contributed by atoms with E-state index < -0.39 is 5.54 Å². The second-order valence-electron chi connectivity index (χ2n) is 4.96. The van der Waals surface area contributed by atoms with Crippen molar-refractivity contribution in [1.82, 2.24) is 0 Å². The van der Waals surface area contributed by atoms with Gasteiger partial charge in [0, 0.05) is 21.4 Å². The number of aliphatic imine (C=N–C) groups is 1. The number of hydrogen-bond acceptors (Lipinski definition) is 4. The standard InChI is InChI=1S/C15H10BrFN2OS/c16-8-4-5-12-10(6-8)15(7-21-14(18)19-15)9-2-1-3-11(17)13(9)20-12/h1-6H,7H2,(H2,18,19)/t15-/m1/s1. The molecule has 0 aliphatic carbocycles. The van der Waals surface area contributed by atoms with Crippen molar-refractivity contribution >= 4 is 32.9 Å². The average molecular weight is 365 g/mol. The summed E-state index contributed by atoms with van der Waals surface area (Å²) in [7, 11) is 0. The van der Waals surface area contributed by atoms with Crippen LogP contribution < -0.4 is 10.5 Å². The third-order valence-corrected chi connectivity index (χ3v) is 5.18. The molecule has 1 atom stereocenters. The Morgan fingerprint density at radius 2 is 2.14 bits per heavy atom. The van der Waals surface area contributed by atoms with Gasteiger partial charge in [0.25, 0.3) is 0 Å². The van der Waals surface area contributed by atoms with E-state index in [1.807, 2.05) is 24.3 Å². The fourth-order valence-electron chi connectivity index (χ4n) is 2.81. The summed E-state index contributed by atoms with van der Waals surface area (Å²) in [5.74, 6) is 1.12. The highest BCUT2D eigenvalue weighted by molar-refractivity contribution is 9.10. The van der Waals surface area contributed by atoms with Gasteiger partial charge in [0.15, 0.2) is 16.7 Å². The average Bonchev–Trinajstić information content (AvgIpc) is 2.85. The van der Waals surface area contributed by atoms with Crippen LogP contribution in [-0.4, -0.2) is 10.9 Å². The Labute approximate surface area is 133 Å². The second-order valence-corrected chi connectivity index (χ2v) is 6.87. The van der Waals surface area contributed by atoms with E-state index in [9.17, 15) is 4.39 Å². The van der Waals surface area contributed by atoms with E-state index in [2.05, 4.69) is 20.9 Å². The molecule has 21 heavy (non-hydrogen) atoms. The van der Waals surface area contributed by atoms with Gasteiger partial charge in [0.05, 0.1) is 0 Å². The number of rotatable bonds is 0. The number of nitrogens with two attached hydrogens (primary N) is 1. The van der Waals surface area contributed by atoms with Crippen molar-refractivity contribution in [3.8, 4) is 11.5 Å². The smallest absolute Gasteiger partial charge is 0.169 e. The topological polar surface area (TPSA) is 47.6 Å². The van der Waals surface area contributed by atoms with Gasteiger partial charge in [-0.1, -0.05) is 39.8 Å². The monoisotopic (exact) mass is 364 g/mol. The Balaban J connectivity index is 2.07. The Hall–Kier alpha value is -1.53. The van der Waals surface area contributed by atoms with Crippen LogP contribution in [0.25, 0.3) is 0 Å². The first-order chi connectivity index (χ1) is 10.1. The van der Waals surface area contributed by atoms with Gasteiger partial charge in [-0.25, -0.2) is 9.38 Å². The van der Waals surface area contributed by atoms with Crippen molar-refractivity contribution in [2.24, 2.45) is 10.7 Å². The van der Waals surface area contributed by atoms with Crippen molar-refractivity contribution in [2.75, 3.05) is 5.75 Å². The molecule has 6 heteroatoms. The predicted octanol–water partition coefficient (Wildman–Crippen LogP) is 4.00. The van der Waals surface area contributed by atoms with Gasteiger partial charge in [-0.05, 0) is 24.3 Å². The number of nitrogens with zero attached hydrogens (tertiary/aromatic N) is 1. The Morgan fingerprint density at radius 1 is 1.29 bits per heavy atom. The summed E-state index contributed by atoms with van der Waals surface area (Å²) in [5.41, 5.74) is 6.85. The SMILES string of the molecule is NC1=N[C@@]2(CS1)c1cc(Br)ccc1Oc1c(F)cccc12. The molecule has 0 radical (unpaired) electrons. The number of benzene rings is 2. The fraction of sp³-hybridized carbons (Fsp3) is 0.133. The third-order valence-electron chi connectivity index (χ3n) is 3.74. The van der Waals surface area contributed by atoms with Crippen molar-refractivity contribution in [1.29, 1.82) is 0 Å². The first-order valence-electron chi connectivity index (χ1n) is 6.35. The molecule has 2 aromatic rings. The Kier molecular flexibility index (Phi) is 2.81. The summed E-state index contributed by atoms with van der Waals surface area (Å²) >= 11 is 4.95. The summed E-state index contributed by atoms with van der Waals surface area (Å²) in [6.45, 7) is 0. The third kappa shape index (κ3) is 1.82. The largest absolute Gasteiger partial charge is 0.453 e. The molecule has 3 nitrogen and oxygen atoms in total. The zero-order valence-electron chi connectivity index (χ0n) is 10.8. The number of amidine groups is 1. The lowest BCUT2D eigenvalue weighted by atomic mass is 9.82. The molecule has 2 N–H and O–H groups in total. The van der Waals surface area contributed by atoms with E-state index >= 15 is 0 Å². The van der Waals surface area contributed by atoms with Gasteiger partial charge in [0.1, 0.15) is 11.3 Å². The molecule has 4 rings (SSSR count). The molecule has 106 valence electrons. The zero-order valence-corrected chi connectivity index (χ0v) is 13.2. The van der Waals surface area contributed by atoms with Crippen LogP contribution in [0.15, 0.2) is 45.9 Å². The molecule has 0 aromatic heterocycles. The van der Waals surface area contributed by atoms with Crippen molar-refractivity contribution < 1.29 is 9.13 Å². The van der Waals surface area contributed by atoms with Crippen LogP contribution in [0.2, 0.25) is 0 Å². The molecule has 1 spiro atoms. The molecule has 0 amide bonds. The maximum atomic E-state index is 14.2. The highest BCUT2D eigenvalue weighted by atomic mass is 79.9. The van der Waals surface area contributed by atoms with Gasteiger partial charge in [-0.3, -0.25) is 0 Å². The first-order valence-corrected chi connectivity index (χ1v) is 8.13. The zero-order chi connectivity index (χ0) is 14.6. The summed E-state index contributed by atoms with van der Waals surface area (Å²) < 4.78 is 20.9.